The lowest BCUT2D eigenvalue weighted by Crippen LogP contribution is -2.12. The highest BCUT2D eigenvalue weighted by Crippen LogP contribution is 2.41. The third kappa shape index (κ3) is 5.37. The third-order valence-corrected chi connectivity index (χ3v) is 7.27. The zero-order chi connectivity index (χ0) is 26.9. The molecule has 0 unspecified atom stereocenters. The minimum Gasteiger partial charge on any atom is -0.505 e. The molecule has 9 nitrogen and oxygen atoms in total. The van der Waals surface area contributed by atoms with E-state index in [9.17, 15) is 22.9 Å². The summed E-state index contributed by atoms with van der Waals surface area (Å²) in [6, 6.07) is 15.9. The summed E-state index contributed by atoms with van der Waals surface area (Å²) in [5, 5.41) is 23.0. The minimum atomic E-state index is -4.54. The van der Waals surface area contributed by atoms with Gasteiger partial charge in [-0.05, 0) is 48.2 Å². The highest BCUT2D eigenvalue weighted by Gasteiger charge is 2.21. The molecule has 0 saturated heterocycles. The average molecular weight is 560 g/mol. The van der Waals surface area contributed by atoms with Crippen molar-refractivity contribution in [3.05, 3.63) is 81.8 Å². The van der Waals surface area contributed by atoms with Gasteiger partial charge in [-0.25, -0.2) is 0 Å². The number of nitrogens with zero attached hydrogens (tertiary/aromatic N) is 2. The number of fused-ring (bicyclic) bond motifs is 1. The Bertz CT molecular complexity index is 1670. The maximum absolute atomic E-state index is 13.1. The van der Waals surface area contributed by atoms with Gasteiger partial charge < -0.3 is 15.2 Å². The van der Waals surface area contributed by atoms with Crippen molar-refractivity contribution in [3.63, 3.8) is 0 Å². The van der Waals surface area contributed by atoms with Gasteiger partial charge in [-0.15, -0.1) is 5.11 Å². The van der Waals surface area contributed by atoms with Crippen molar-refractivity contribution in [2.45, 2.75) is 11.8 Å². The fourth-order valence-electron chi connectivity index (χ4n) is 3.75. The number of hydrogen-bond acceptors (Lipinski definition) is 7. The molecule has 190 valence electrons. The normalized spacial score (nSPS) is 11.7. The summed E-state index contributed by atoms with van der Waals surface area (Å²) in [7, 11) is -3.09. The lowest BCUT2D eigenvalue weighted by atomic mass is 10.0. The summed E-state index contributed by atoms with van der Waals surface area (Å²) in [6.45, 7) is 1.44. The van der Waals surface area contributed by atoms with Crippen molar-refractivity contribution >= 4 is 67.1 Å². The minimum absolute atomic E-state index is 0.00706. The van der Waals surface area contributed by atoms with Crippen LogP contribution in [0.5, 0.6) is 11.5 Å². The predicted octanol–water partition coefficient (Wildman–Crippen LogP) is 7.08. The van der Waals surface area contributed by atoms with Crippen LogP contribution in [0.2, 0.25) is 10.0 Å². The summed E-state index contributed by atoms with van der Waals surface area (Å²) in [4.78, 5) is 12.7. The number of ether oxygens (including phenoxy) is 1. The molecule has 0 aliphatic carbocycles. The Morgan fingerprint density at radius 3 is 2.43 bits per heavy atom. The van der Waals surface area contributed by atoms with Crippen LogP contribution in [0.4, 0.5) is 17.1 Å². The van der Waals surface area contributed by atoms with Gasteiger partial charge in [0.2, 0.25) is 0 Å². The topological polar surface area (TPSA) is 138 Å². The third-order valence-electron chi connectivity index (χ3n) is 5.41. The fourth-order valence-corrected chi connectivity index (χ4v) is 5.33. The Morgan fingerprint density at radius 1 is 1.03 bits per heavy atom. The molecule has 4 aromatic rings. The summed E-state index contributed by atoms with van der Waals surface area (Å²) in [5.74, 6) is -0.715. The number of halogens is 2. The van der Waals surface area contributed by atoms with Gasteiger partial charge in [0, 0.05) is 5.39 Å². The zero-order valence-electron chi connectivity index (χ0n) is 19.4. The molecule has 0 fully saturated rings. The molecule has 4 aromatic carbocycles. The monoisotopic (exact) mass is 559 g/mol. The number of anilines is 1. The number of nitrogens with one attached hydrogen (secondary N) is 1. The molecular weight excluding hydrogens is 541 g/mol. The van der Waals surface area contributed by atoms with E-state index in [4.69, 9.17) is 27.9 Å². The number of carbonyl (C=O) groups is 1. The molecule has 0 aromatic heterocycles. The number of phenolic OH excluding ortho intramolecular Hbond substituents is 1. The lowest BCUT2D eigenvalue weighted by molar-refractivity contribution is 0.102. The molecule has 0 atom stereocenters. The Balaban J connectivity index is 1.78. The molecule has 3 N–H and O–H groups in total. The molecule has 0 saturated carbocycles. The van der Waals surface area contributed by atoms with Crippen LogP contribution in [0.3, 0.4) is 0 Å². The van der Waals surface area contributed by atoms with Crippen LogP contribution in [-0.2, 0) is 10.1 Å². The second-order valence-corrected chi connectivity index (χ2v) is 10.0. The van der Waals surface area contributed by atoms with E-state index in [1.54, 1.807) is 42.5 Å². The van der Waals surface area contributed by atoms with Gasteiger partial charge >= 0.3 is 0 Å². The Hall–Kier alpha value is -3.70. The van der Waals surface area contributed by atoms with Gasteiger partial charge in [-0.1, -0.05) is 53.5 Å². The van der Waals surface area contributed by atoms with E-state index in [0.29, 0.717) is 16.5 Å². The maximum Gasteiger partial charge on any atom is 0.296 e. The standard InChI is InChI=1S/C25H19Cl2N3O6S/c1-13-10-15(12-18(26)24(13)37(33,34)35)29-30-22-16-7-4-3-6-14(16)11-17(23(22)31)25(32)28-19-8-5-9-20(36-2)21(19)27/h3-12,31H,1-2H3,(H,28,32)(H,33,34,35). The number of rotatable bonds is 6. The first-order valence-corrected chi connectivity index (χ1v) is 12.8. The second-order valence-electron chi connectivity index (χ2n) is 7.87. The maximum atomic E-state index is 13.1. The molecular formula is C25H19Cl2N3O6S. The van der Waals surface area contributed by atoms with Gasteiger partial charge in [-0.2, -0.15) is 13.5 Å². The Morgan fingerprint density at radius 2 is 1.76 bits per heavy atom. The lowest BCUT2D eigenvalue weighted by Gasteiger charge is -2.13. The van der Waals surface area contributed by atoms with Crippen molar-refractivity contribution < 1.29 is 27.6 Å². The number of methoxy groups -OCH3 is 1. The number of amides is 1. The fraction of sp³-hybridized carbons (Fsp3) is 0.0800. The molecule has 0 radical (unpaired) electrons. The van der Waals surface area contributed by atoms with Crippen molar-refractivity contribution in [3.8, 4) is 11.5 Å². The van der Waals surface area contributed by atoms with E-state index in [-0.39, 0.29) is 38.2 Å². The molecule has 37 heavy (non-hydrogen) atoms. The molecule has 1 amide bonds. The van der Waals surface area contributed by atoms with E-state index in [2.05, 4.69) is 15.5 Å². The SMILES string of the molecule is COc1cccc(NC(=O)c2cc3ccccc3c(N=Nc3cc(C)c(S(=O)(=O)O)c(Cl)c3)c2O)c1Cl. The number of phenols is 1. The summed E-state index contributed by atoms with van der Waals surface area (Å²) >= 11 is 12.3. The summed E-state index contributed by atoms with van der Waals surface area (Å²) in [5.41, 5.74) is 0.526. The van der Waals surface area contributed by atoms with E-state index in [1.165, 1.54) is 32.2 Å². The summed E-state index contributed by atoms with van der Waals surface area (Å²) < 4.78 is 37.7. The first-order valence-electron chi connectivity index (χ1n) is 10.6. The molecule has 12 heteroatoms. The number of hydrogen-bond donors (Lipinski definition) is 3. The van der Waals surface area contributed by atoms with Crippen molar-refractivity contribution in [2.75, 3.05) is 12.4 Å². The highest BCUT2D eigenvalue weighted by molar-refractivity contribution is 7.86. The van der Waals surface area contributed by atoms with Crippen LogP contribution < -0.4 is 10.1 Å². The molecule has 4 rings (SSSR count). The summed E-state index contributed by atoms with van der Waals surface area (Å²) in [6.07, 6.45) is 0. The van der Waals surface area contributed by atoms with E-state index < -0.39 is 26.7 Å². The van der Waals surface area contributed by atoms with Crippen molar-refractivity contribution in [1.29, 1.82) is 0 Å². The quantitative estimate of drug-likeness (QED) is 0.170. The van der Waals surface area contributed by atoms with E-state index in [0.717, 1.165) is 0 Å². The highest BCUT2D eigenvalue weighted by atomic mass is 35.5. The first-order chi connectivity index (χ1) is 17.5. The van der Waals surface area contributed by atoms with E-state index in [1.807, 2.05) is 0 Å². The van der Waals surface area contributed by atoms with Crippen LogP contribution in [0.25, 0.3) is 10.8 Å². The molecule has 0 aliphatic heterocycles. The number of azo groups is 1. The second kappa shape index (κ2) is 10.3. The molecule has 0 aliphatic rings. The van der Waals surface area contributed by atoms with Crippen LogP contribution in [0, 0.1) is 6.92 Å². The van der Waals surface area contributed by atoms with Gasteiger partial charge in [0.1, 0.15) is 21.4 Å². The number of benzene rings is 4. The first kappa shape index (κ1) is 26.4. The molecule has 0 bridgehead atoms. The number of carbonyl (C=O) groups excluding carboxylic acids is 1. The van der Waals surface area contributed by atoms with Crippen LogP contribution in [-0.4, -0.2) is 31.1 Å². The predicted molar refractivity (Wildman–Crippen MR) is 142 cm³/mol. The Kier molecular flexibility index (Phi) is 7.37. The molecule has 0 heterocycles. The smallest absolute Gasteiger partial charge is 0.296 e. The van der Waals surface area contributed by atoms with Crippen molar-refractivity contribution in [1.82, 2.24) is 0 Å². The van der Waals surface area contributed by atoms with Crippen molar-refractivity contribution in [2.24, 2.45) is 10.2 Å². The number of aromatic hydroxyl groups is 1. The molecule has 0 spiro atoms. The number of aryl methyl sites for hydroxylation is 1. The van der Waals surface area contributed by atoms with Crippen LogP contribution in [0.15, 0.2) is 75.8 Å². The van der Waals surface area contributed by atoms with Crippen LogP contribution in [0.1, 0.15) is 15.9 Å². The average Bonchev–Trinajstić information content (AvgIpc) is 2.83. The van der Waals surface area contributed by atoms with Gasteiger partial charge in [0.15, 0.2) is 5.75 Å². The van der Waals surface area contributed by atoms with Gasteiger partial charge in [0.25, 0.3) is 16.0 Å². The zero-order valence-corrected chi connectivity index (χ0v) is 21.7. The van der Waals surface area contributed by atoms with Gasteiger partial charge in [0.05, 0.1) is 29.1 Å². The van der Waals surface area contributed by atoms with Crippen LogP contribution >= 0.6 is 23.2 Å². The largest absolute Gasteiger partial charge is 0.505 e. The Labute approximate surface area is 222 Å². The van der Waals surface area contributed by atoms with Gasteiger partial charge in [-0.3, -0.25) is 9.35 Å². The van der Waals surface area contributed by atoms with E-state index >= 15 is 0 Å².